The van der Waals surface area contributed by atoms with Gasteiger partial charge in [0.25, 0.3) is 11.8 Å². The van der Waals surface area contributed by atoms with Crippen LogP contribution in [0.25, 0.3) is 0 Å². The number of carbonyl (C=O) groups is 2. The predicted octanol–water partition coefficient (Wildman–Crippen LogP) is 3.93. The van der Waals surface area contributed by atoms with Crippen LogP contribution in [0.4, 0.5) is 5.69 Å². The number of nitrogens with zero attached hydrogens (tertiary/aromatic N) is 1. The first-order valence-electron chi connectivity index (χ1n) is 7.75. The first-order chi connectivity index (χ1) is 11.4. The second-order valence-electron chi connectivity index (χ2n) is 5.63. The number of rotatable bonds is 5. The molecule has 2 N–H and O–H groups in total. The Bertz CT molecular complexity index is 762. The van der Waals surface area contributed by atoms with E-state index in [0.29, 0.717) is 11.3 Å². The predicted molar refractivity (Wildman–Crippen MR) is 98.3 cm³/mol. The average Bonchev–Trinajstić information content (AvgIpc) is 2.58. The number of hydrogen-bond donors (Lipinski definition) is 2. The van der Waals surface area contributed by atoms with Gasteiger partial charge in [-0.1, -0.05) is 28.9 Å². The maximum absolute atomic E-state index is 12.3. The fourth-order valence-electron chi connectivity index (χ4n) is 1.97. The fourth-order valence-corrected chi connectivity index (χ4v) is 2.35. The first kappa shape index (κ1) is 18.1. The van der Waals surface area contributed by atoms with Crippen molar-refractivity contribution in [3.63, 3.8) is 0 Å². The zero-order valence-corrected chi connectivity index (χ0v) is 15.5. The van der Waals surface area contributed by atoms with E-state index in [2.05, 4.69) is 31.5 Å². The highest BCUT2D eigenvalue weighted by molar-refractivity contribution is 9.10. The van der Waals surface area contributed by atoms with Crippen molar-refractivity contribution in [2.45, 2.75) is 33.2 Å². The molecule has 0 radical (unpaired) electrons. The smallest absolute Gasteiger partial charge is 0.274 e. The van der Waals surface area contributed by atoms with Gasteiger partial charge >= 0.3 is 0 Å². The van der Waals surface area contributed by atoms with Crippen molar-refractivity contribution in [2.24, 2.45) is 0 Å². The highest BCUT2D eigenvalue weighted by Crippen LogP contribution is 2.21. The molecule has 1 aromatic heterocycles. The molecule has 126 valence electrons. The molecule has 1 heterocycles. The van der Waals surface area contributed by atoms with Crippen LogP contribution in [0.5, 0.6) is 0 Å². The van der Waals surface area contributed by atoms with Crippen molar-refractivity contribution < 1.29 is 9.59 Å². The van der Waals surface area contributed by atoms with E-state index < -0.39 is 0 Å². The number of anilines is 1. The Morgan fingerprint density at radius 1 is 1.21 bits per heavy atom. The Labute approximate surface area is 150 Å². The van der Waals surface area contributed by atoms with Gasteiger partial charge in [0.2, 0.25) is 0 Å². The Kier molecular flexibility index (Phi) is 6.09. The molecule has 0 fully saturated rings. The summed E-state index contributed by atoms with van der Waals surface area (Å²) in [7, 11) is 0. The summed E-state index contributed by atoms with van der Waals surface area (Å²) < 4.78 is 0.912. The summed E-state index contributed by atoms with van der Waals surface area (Å²) in [5.41, 5.74) is 2.35. The van der Waals surface area contributed by atoms with Crippen molar-refractivity contribution in [1.29, 1.82) is 0 Å². The molecule has 6 heteroatoms. The summed E-state index contributed by atoms with van der Waals surface area (Å²) in [6.45, 7) is 5.90. The second-order valence-corrected chi connectivity index (χ2v) is 6.48. The number of hydrogen-bond acceptors (Lipinski definition) is 3. The molecule has 0 bridgehead atoms. The lowest BCUT2D eigenvalue weighted by Crippen LogP contribution is -2.32. The molecule has 2 amide bonds. The molecule has 1 atom stereocenters. The standard InChI is InChI=1S/C18H20BrN3O2/c1-4-12(3)21-17(23)13-7-8-20-16(9-13)18(24)22-14-6-5-11(2)15(19)10-14/h5-10,12H,4H2,1-3H3,(H,21,23)(H,22,24). The minimum atomic E-state index is -0.357. The third-order valence-electron chi connectivity index (χ3n) is 3.67. The van der Waals surface area contributed by atoms with Gasteiger partial charge in [0, 0.05) is 28.0 Å². The average molecular weight is 390 g/mol. The van der Waals surface area contributed by atoms with E-state index in [1.165, 1.54) is 12.3 Å². The van der Waals surface area contributed by atoms with E-state index in [4.69, 9.17) is 0 Å². The lowest BCUT2D eigenvalue weighted by atomic mass is 10.1. The van der Waals surface area contributed by atoms with Crippen LogP contribution in [0.3, 0.4) is 0 Å². The monoisotopic (exact) mass is 389 g/mol. The van der Waals surface area contributed by atoms with Gasteiger partial charge in [-0.15, -0.1) is 0 Å². The number of pyridine rings is 1. The van der Waals surface area contributed by atoms with E-state index in [1.54, 1.807) is 6.07 Å². The number of benzene rings is 1. The van der Waals surface area contributed by atoms with Crippen molar-refractivity contribution >= 4 is 33.4 Å². The summed E-state index contributed by atoms with van der Waals surface area (Å²) >= 11 is 3.43. The van der Waals surface area contributed by atoms with E-state index >= 15 is 0 Å². The maximum atomic E-state index is 12.3. The van der Waals surface area contributed by atoms with Gasteiger partial charge in [-0.3, -0.25) is 14.6 Å². The zero-order chi connectivity index (χ0) is 17.7. The highest BCUT2D eigenvalue weighted by atomic mass is 79.9. The Morgan fingerprint density at radius 2 is 1.96 bits per heavy atom. The summed E-state index contributed by atoms with van der Waals surface area (Å²) in [6, 6.07) is 8.72. The molecular weight excluding hydrogens is 370 g/mol. The van der Waals surface area contributed by atoms with Crippen LogP contribution in [0.15, 0.2) is 41.0 Å². The molecule has 24 heavy (non-hydrogen) atoms. The van der Waals surface area contributed by atoms with Gasteiger partial charge < -0.3 is 10.6 Å². The number of aryl methyl sites for hydroxylation is 1. The van der Waals surface area contributed by atoms with Gasteiger partial charge in [0.1, 0.15) is 5.69 Å². The molecule has 0 aliphatic carbocycles. The molecule has 2 rings (SSSR count). The van der Waals surface area contributed by atoms with Gasteiger partial charge in [-0.05, 0) is 50.1 Å². The second kappa shape index (κ2) is 8.06. The molecule has 0 aliphatic heterocycles. The lowest BCUT2D eigenvalue weighted by molar-refractivity contribution is 0.0939. The molecule has 0 saturated heterocycles. The van der Waals surface area contributed by atoms with Crippen molar-refractivity contribution in [3.05, 3.63) is 57.8 Å². The van der Waals surface area contributed by atoms with Crippen LogP contribution in [0.2, 0.25) is 0 Å². The first-order valence-corrected chi connectivity index (χ1v) is 8.54. The quantitative estimate of drug-likeness (QED) is 0.813. The Morgan fingerprint density at radius 3 is 2.62 bits per heavy atom. The van der Waals surface area contributed by atoms with Crippen molar-refractivity contribution in [3.8, 4) is 0 Å². The van der Waals surface area contributed by atoms with E-state index in [1.807, 2.05) is 39.0 Å². The molecule has 1 aromatic carbocycles. The van der Waals surface area contributed by atoms with E-state index in [-0.39, 0.29) is 23.6 Å². The van der Waals surface area contributed by atoms with E-state index in [9.17, 15) is 9.59 Å². The Hall–Kier alpha value is -2.21. The number of nitrogens with one attached hydrogen (secondary N) is 2. The minimum absolute atomic E-state index is 0.0767. The summed E-state index contributed by atoms with van der Waals surface area (Å²) in [6.07, 6.45) is 2.30. The SMILES string of the molecule is CCC(C)NC(=O)c1ccnc(C(=O)Nc2ccc(C)c(Br)c2)c1. The van der Waals surface area contributed by atoms with Crippen LogP contribution < -0.4 is 10.6 Å². The van der Waals surface area contributed by atoms with Gasteiger partial charge in [-0.25, -0.2) is 0 Å². The van der Waals surface area contributed by atoms with Crippen LogP contribution in [0.1, 0.15) is 46.7 Å². The van der Waals surface area contributed by atoms with Gasteiger partial charge in [-0.2, -0.15) is 0 Å². The van der Waals surface area contributed by atoms with Gasteiger partial charge in [0.05, 0.1) is 0 Å². The van der Waals surface area contributed by atoms with E-state index in [0.717, 1.165) is 16.5 Å². The summed E-state index contributed by atoms with van der Waals surface area (Å²) in [4.78, 5) is 28.5. The van der Waals surface area contributed by atoms with Gasteiger partial charge in [0.15, 0.2) is 0 Å². The van der Waals surface area contributed by atoms with Crippen molar-refractivity contribution in [1.82, 2.24) is 10.3 Å². The van der Waals surface area contributed by atoms with Crippen LogP contribution in [-0.2, 0) is 0 Å². The summed E-state index contributed by atoms with van der Waals surface area (Å²) in [5.74, 6) is -0.567. The Balaban J connectivity index is 2.13. The molecule has 0 saturated carbocycles. The zero-order valence-electron chi connectivity index (χ0n) is 13.9. The number of carbonyl (C=O) groups excluding carboxylic acids is 2. The largest absolute Gasteiger partial charge is 0.350 e. The maximum Gasteiger partial charge on any atom is 0.274 e. The topological polar surface area (TPSA) is 71.1 Å². The fraction of sp³-hybridized carbons (Fsp3) is 0.278. The molecule has 0 spiro atoms. The highest BCUT2D eigenvalue weighted by Gasteiger charge is 2.13. The van der Waals surface area contributed by atoms with Crippen molar-refractivity contribution in [2.75, 3.05) is 5.32 Å². The lowest BCUT2D eigenvalue weighted by Gasteiger charge is -2.12. The molecule has 2 aromatic rings. The minimum Gasteiger partial charge on any atom is -0.350 e. The third kappa shape index (κ3) is 4.64. The van der Waals surface area contributed by atoms with Crippen LogP contribution in [-0.4, -0.2) is 22.8 Å². The van der Waals surface area contributed by atoms with Crippen LogP contribution >= 0.6 is 15.9 Å². The van der Waals surface area contributed by atoms with Crippen LogP contribution in [0, 0.1) is 6.92 Å². The molecule has 5 nitrogen and oxygen atoms in total. The number of halogens is 1. The molecular formula is C18H20BrN3O2. The third-order valence-corrected chi connectivity index (χ3v) is 4.53. The summed E-state index contributed by atoms with van der Waals surface area (Å²) in [5, 5.41) is 5.65. The number of amides is 2. The molecule has 1 unspecified atom stereocenters. The molecule has 0 aliphatic rings. The normalized spacial score (nSPS) is 11.7. The number of aromatic nitrogens is 1.